The number of para-hydroxylation sites is 1. The van der Waals surface area contributed by atoms with Crippen LogP contribution in [0.1, 0.15) is 19.8 Å². The average molecular weight is 247 g/mol. The molecule has 1 aliphatic rings. The molecule has 1 aliphatic heterocycles. The van der Waals surface area contributed by atoms with Crippen molar-refractivity contribution in [1.29, 1.82) is 0 Å². The van der Waals surface area contributed by atoms with Gasteiger partial charge in [-0.1, -0.05) is 18.2 Å². The van der Waals surface area contributed by atoms with Gasteiger partial charge < -0.3 is 10.6 Å². The zero-order chi connectivity index (χ0) is 12.8. The van der Waals surface area contributed by atoms with Crippen molar-refractivity contribution in [3.05, 3.63) is 30.3 Å². The number of rotatable bonds is 5. The molecule has 2 rings (SSSR count). The van der Waals surface area contributed by atoms with E-state index in [1.165, 1.54) is 31.7 Å². The standard InChI is InChI=1S/C15H25N3/c1-14(16)6-5-9-17-10-12-18(13-11-17)15-7-3-2-4-8-15/h2-4,7-8,14H,5-6,9-13,16H2,1H3. The van der Waals surface area contributed by atoms with E-state index in [-0.39, 0.29) is 0 Å². The largest absolute Gasteiger partial charge is 0.369 e. The summed E-state index contributed by atoms with van der Waals surface area (Å²) < 4.78 is 0. The summed E-state index contributed by atoms with van der Waals surface area (Å²) in [6.45, 7) is 7.92. The van der Waals surface area contributed by atoms with E-state index in [0.29, 0.717) is 6.04 Å². The van der Waals surface area contributed by atoms with Gasteiger partial charge in [-0.3, -0.25) is 4.90 Å². The number of nitrogens with zero attached hydrogens (tertiary/aromatic N) is 2. The van der Waals surface area contributed by atoms with Gasteiger partial charge in [0.05, 0.1) is 0 Å². The highest BCUT2D eigenvalue weighted by atomic mass is 15.3. The minimum absolute atomic E-state index is 0.343. The second-order valence-electron chi connectivity index (χ2n) is 5.28. The van der Waals surface area contributed by atoms with Gasteiger partial charge in [-0.15, -0.1) is 0 Å². The lowest BCUT2D eigenvalue weighted by atomic mass is 10.2. The quantitative estimate of drug-likeness (QED) is 0.863. The Morgan fingerprint density at radius 2 is 1.78 bits per heavy atom. The molecule has 0 aromatic heterocycles. The molecule has 0 saturated carbocycles. The maximum Gasteiger partial charge on any atom is 0.0367 e. The summed E-state index contributed by atoms with van der Waals surface area (Å²) in [7, 11) is 0. The van der Waals surface area contributed by atoms with Crippen molar-refractivity contribution in [3.8, 4) is 0 Å². The molecule has 18 heavy (non-hydrogen) atoms. The highest BCUT2D eigenvalue weighted by molar-refractivity contribution is 5.46. The van der Waals surface area contributed by atoms with E-state index in [4.69, 9.17) is 5.73 Å². The van der Waals surface area contributed by atoms with E-state index in [0.717, 1.165) is 19.5 Å². The summed E-state index contributed by atoms with van der Waals surface area (Å²) in [5, 5.41) is 0. The van der Waals surface area contributed by atoms with E-state index < -0.39 is 0 Å². The molecule has 1 atom stereocenters. The second-order valence-corrected chi connectivity index (χ2v) is 5.28. The molecule has 1 aromatic rings. The van der Waals surface area contributed by atoms with E-state index in [1.54, 1.807) is 0 Å². The first-order valence-corrected chi connectivity index (χ1v) is 7.03. The molecule has 0 aliphatic carbocycles. The lowest BCUT2D eigenvalue weighted by molar-refractivity contribution is 0.251. The molecule has 0 radical (unpaired) electrons. The van der Waals surface area contributed by atoms with E-state index in [1.807, 2.05) is 0 Å². The highest BCUT2D eigenvalue weighted by Crippen LogP contribution is 2.15. The molecule has 3 nitrogen and oxygen atoms in total. The van der Waals surface area contributed by atoms with Gasteiger partial charge >= 0.3 is 0 Å². The van der Waals surface area contributed by atoms with Gasteiger partial charge in [-0.25, -0.2) is 0 Å². The van der Waals surface area contributed by atoms with Crippen LogP contribution in [-0.2, 0) is 0 Å². The number of benzene rings is 1. The van der Waals surface area contributed by atoms with Gasteiger partial charge in [0.15, 0.2) is 0 Å². The predicted molar refractivity (Wildman–Crippen MR) is 78.0 cm³/mol. The van der Waals surface area contributed by atoms with Crippen molar-refractivity contribution >= 4 is 5.69 Å². The van der Waals surface area contributed by atoms with E-state index in [2.05, 4.69) is 47.1 Å². The van der Waals surface area contributed by atoms with Crippen molar-refractivity contribution in [3.63, 3.8) is 0 Å². The Balaban J connectivity index is 1.71. The fourth-order valence-corrected chi connectivity index (χ4v) is 2.51. The van der Waals surface area contributed by atoms with E-state index in [9.17, 15) is 0 Å². The Morgan fingerprint density at radius 3 is 2.39 bits per heavy atom. The van der Waals surface area contributed by atoms with Gasteiger partial charge in [-0.05, 0) is 38.4 Å². The second kappa shape index (κ2) is 6.76. The third-order valence-electron chi connectivity index (χ3n) is 3.63. The van der Waals surface area contributed by atoms with Crippen LogP contribution >= 0.6 is 0 Å². The third kappa shape index (κ3) is 4.00. The normalized spacial score (nSPS) is 18.9. The number of anilines is 1. The van der Waals surface area contributed by atoms with Crippen molar-refractivity contribution in [1.82, 2.24) is 4.90 Å². The lowest BCUT2D eigenvalue weighted by Crippen LogP contribution is -2.46. The maximum atomic E-state index is 5.78. The number of hydrogen-bond acceptors (Lipinski definition) is 3. The summed E-state index contributed by atoms with van der Waals surface area (Å²) in [6, 6.07) is 11.1. The van der Waals surface area contributed by atoms with Crippen LogP contribution in [0.3, 0.4) is 0 Å². The summed E-state index contributed by atoms with van der Waals surface area (Å²) in [6.07, 6.45) is 2.36. The van der Waals surface area contributed by atoms with Crippen LogP contribution in [0.25, 0.3) is 0 Å². The Bertz CT molecular complexity index is 329. The summed E-state index contributed by atoms with van der Waals surface area (Å²) in [5.74, 6) is 0. The molecule has 1 heterocycles. The summed E-state index contributed by atoms with van der Waals surface area (Å²) in [4.78, 5) is 5.03. The SMILES string of the molecule is CC(N)CCCN1CCN(c2ccccc2)CC1. The first-order valence-electron chi connectivity index (χ1n) is 7.03. The molecule has 1 fully saturated rings. The highest BCUT2D eigenvalue weighted by Gasteiger charge is 2.16. The Hall–Kier alpha value is -1.06. The third-order valence-corrected chi connectivity index (χ3v) is 3.63. The lowest BCUT2D eigenvalue weighted by Gasteiger charge is -2.36. The van der Waals surface area contributed by atoms with Crippen LogP contribution in [0.2, 0.25) is 0 Å². The fraction of sp³-hybridized carbons (Fsp3) is 0.600. The first kappa shape index (κ1) is 13.4. The Kier molecular flexibility index (Phi) is 5.02. The Labute approximate surface area is 111 Å². The molecule has 3 heteroatoms. The number of piperazine rings is 1. The molecule has 100 valence electrons. The van der Waals surface area contributed by atoms with Crippen LogP contribution in [0.15, 0.2) is 30.3 Å². The van der Waals surface area contributed by atoms with Crippen LogP contribution in [0.4, 0.5) is 5.69 Å². The zero-order valence-corrected chi connectivity index (χ0v) is 11.4. The van der Waals surface area contributed by atoms with Gasteiger partial charge in [-0.2, -0.15) is 0 Å². The van der Waals surface area contributed by atoms with Gasteiger partial charge in [0.1, 0.15) is 0 Å². The predicted octanol–water partition coefficient (Wildman–Crippen LogP) is 1.94. The summed E-state index contributed by atoms with van der Waals surface area (Å²) in [5.41, 5.74) is 7.13. The minimum Gasteiger partial charge on any atom is -0.369 e. The first-order chi connectivity index (χ1) is 8.75. The maximum absolute atomic E-state index is 5.78. The number of hydrogen-bond donors (Lipinski definition) is 1. The molecule has 1 aromatic carbocycles. The molecule has 1 unspecified atom stereocenters. The Morgan fingerprint density at radius 1 is 1.11 bits per heavy atom. The molecule has 0 spiro atoms. The van der Waals surface area contributed by atoms with Crippen LogP contribution in [0.5, 0.6) is 0 Å². The zero-order valence-electron chi connectivity index (χ0n) is 11.4. The van der Waals surface area contributed by atoms with Crippen LogP contribution < -0.4 is 10.6 Å². The molecule has 0 bridgehead atoms. The van der Waals surface area contributed by atoms with Gasteiger partial charge in [0.25, 0.3) is 0 Å². The van der Waals surface area contributed by atoms with Crippen LogP contribution in [-0.4, -0.2) is 43.7 Å². The van der Waals surface area contributed by atoms with E-state index >= 15 is 0 Å². The van der Waals surface area contributed by atoms with Crippen molar-refractivity contribution in [2.45, 2.75) is 25.8 Å². The van der Waals surface area contributed by atoms with Crippen molar-refractivity contribution in [2.75, 3.05) is 37.6 Å². The number of nitrogens with two attached hydrogens (primary N) is 1. The molecular formula is C15H25N3. The van der Waals surface area contributed by atoms with Gasteiger partial charge in [0, 0.05) is 37.9 Å². The fourth-order valence-electron chi connectivity index (χ4n) is 2.51. The minimum atomic E-state index is 0.343. The summed E-state index contributed by atoms with van der Waals surface area (Å²) >= 11 is 0. The molecule has 1 saturated heterocycles. The monoisotopic (exact) mass is 247 g/mol. The molecule has 2 N–H and O–H groups in total. The molecular weight excluding hydrogens is 222 g/mol. The van der Waals surface area contributed by atoms with Crippen molar-refractivity contribution in [2.24, 2.45) is 5.73 Å². The van der Waals surface area contributed by atoms with Crippen molar-refractivity contribution < 1.29 is 0 Å². The molecule has 0 amide bonds. The smallest absolute Gasteiger partial charge is 0.0367 e. The topological polar surface area (TPSA) is 32.5 Å². The average Bonchev–Trinajstić information content (AvgIpc) is 2.40. The van der Waals surface area contributed by atoms with Gasteiger partial charge in [0.2, 0.25) is 0 Å². The van der Waals surface area contributed by atoms with Crippen LogP contribution in [0, 0.1) is 0 Å².